The van der Waals surface area contributed by atoms with Gasteiger partial charge in [0.1, 0.15) is 0 Å². The van der Waals surface area contributed by atoms with Crippen molar-refractivity contribution in [3.8, 4) is 0 Å². The molecule has 106 valence electrons. The van der Waals surface area contributed by atoms with E-state index in [1.165, 1.54) is 0 Å². The van der Waals surface area contributed by atoms with Crippen molar-refractivity contribution < 1.29 is 9.59 Å². The maximum Gasteiger partial charge on any atom is 0.286 e. The maximum absolute atomic E-state index is 11.9. The number of nitrogens with two attached hydrogens (primary N) is 1. The van der Waals surface area contributed by atoms with E-state index < -0.39 is 11.8 Å². The van der Waals surface area contributed by atoms with Crippen molar-refractivity contribution in [2.75, 3.05) is 5.43 Å². The zero-order valence-electron chi connectivity index (χ0n) is 11.1. The minimum atomic E-state index is -0.831. The summed E-state index contributed by atoms with van der Waals surface area (Å²) < 4.78 is 0. The molecule has 0 aromatic heterocycles. The van der Waals surface area contributed by atoms with E-state index in [-0.39, 0.29) is 5.84 Å². The minimum Gasteiger partial charge on any atom is -0.363 e. The number of amidine groups is 1. The second-order valence-electron chi connectivity index (χ2n) is 4.12. The van der Waals surface area contributed by atoms with Crippen LogP contribution in [0.2, 0.25) is 0 Å². The van der Waals surface area contributed by atoms with Gasteiger partial charge in [0, 0.05) is 5.56 Å². The summed E-state index contributed by atoms with van der Waals surface area (Å²) in [5.41, 5.74) is 8.94. The van der Waals surface area contributed by atoms with Gasteiger partial charge in [-0.2, -0.15) is 5.10 Å². The molecule has 2 rings (SSSR count). The molecule has 4 N–H and O–H groups in total. The molecule has 0 bridgehead atoms. The first-order chi connectivity index (χ1) is 10.2. The fraction of sp³-hybridized carbons (Fsp3) is 0. The molecule has 0 spiro atoms. The van der Waals surface area contributed by atoms with E-state index >= 15 is 0 Å². The molecule has 0 atom stereocenters. The lowest BCUT2D eigenvalue weighted by Gasteiger charge is -2.06. The fourth-order valence-electron chi connectivity index (χ4n) is 1.55. The van der Waals surface area contributed by atoms with Crippen molar-refractivity contribution >= 4 is 23.3 Å². The highest BCUT2D eigenvalue weighted by Crippen LogP contribution is 2.04. The second kappa shape index (κ2) is 6.85. The summed E-state index contributed by atoms with van der Waals surface area (Å²) in [4.78, 5) is 23.3. The molecule has 6 heteroatoms. The van der Waals surface area contributed by atoms with Crippen LogP contribution in [0.1, 0.15) is 10.4 Å². The Hall–Kier alpha value is -3.15. The number of anilines is 1. The number of hydrazone groups is 1. The highest BCUT2D eigenvalue weighted by Gasteiger charge is 2.13. The largest absolute Gasteiger partial charge is 0.363 e. The molecule has 21 heavy (non-hydrogen) atoms. The lowest BCUT2D eigenvalue weighted by molar-refractivity contribution is -0.112. The third kappa shape index (κ3) is 4.17. The average Bonchev–Trinajstić information content (AvgIpc) is 2.52. The van der Waals surface area contributed by atoms with Crippen LogP contribution in [0.3, 0.4) is 0 Å². The third-order valence-electron chi connectivity index (χ3n) is 2.57. The van der Waals surface area contributed by atoms with Crippen LogP contribution in [0, 0.1) is 0 Å². The number of amides is 2. The van der Waals surface area contributed by atoms with Crippen molar-refractivity contribution in [3.63, 3.8) is 0 Å². The van der Waals surface area contributed by atoms with E-state index in [1.54, 1.807) is 42.5 Å². The van der Waals surface area contributed by atoms with Gasteiger partial charge < -0.3 is 11.1 Å². The summed E-state index contributed by atoms with van der Waals surface area (Å²) in [6.07, 6.45) is 0. The molecule has 0 radical (unpaired) electrons. The molecular formula is C15H14N4O2. The van der Waals surface area contributed by atoms with Crippen molar-refractivity contribution in [2.45, 2.75) is 0 Å². The number of para-hydroxylation sites is 1. The van der Waals surface area contributed by atoms with E-state index in [1.807, 2.05) is 18.2 Å². The summed E-state index contributed by atoms with van der Waals surface area (Å²) >= 11 is 0. The van der Waals surface area contributed by atoms with Crippen LogP contribution >= 0.6 is 0 Å². The molecule has 0 unspecified atom stereocenters. The number of carbonyl (C=O) groups is 2. The van der Waals surface area contributed by atoms with Gasteiger partial charge in [-0.3, -0.25) is 15.0 Å². The van der Waals surface area contributed by atoms with Gasteiger partial charge in [0.25, 0.3) is 11.8 Å². The minimum absolute atomic E-state index is 0.257. The van der Waals surface area contributed by atoms with E-state index in [2.05, 4.69) is 15.8 Å². The van der Waals surface area contributed by atoms with Gasteiger partial charge in [-0.25, -0.2) is 0 Å². The molecule has 0 saturated carbocycles. The molecule has 2 aromatic rings. The Morgan fingerprint density at radius 1 is 0.905 bits per heavy atom. The Kier molecular flexibility index (Phi) is 4.66. The molecular weight excluding hydrogens is 268 g/mol. The van der Waals surface area contributed by atoms with Gasteiger partial charge in [-0.1, -0.05) is 36.4 Å². The monoisotopic (exact) mass is 282 g/mol. The predicted octanol–water partition coefficient (Wildman–Crippen LogP) is 1.33. The highest BCUT2D eigenvalue weighted by atomic mass is 16.2. The first-order valence-electron chi connectivity index (χ1n) is 6.22. The number of nitrogens with one attached hydrogen (secondary N) is 2. The standard InChI is InChI=1S/C15H14N4O2/c16-13(20)14(19-18-12-9-5-2-6-10-12)17-15(21)11-7-3-1-4-8-11/h1-10,18H,(H2,16,20)(H,17,19,21). The number of primary amides is 1. The quantitative estimate of drug-likeness (QED) is 0.450. The summed E-state index contributed by atoms with van der Waals surface area (Å²) in [5.74, 6) is -1.54. The summed E-state index contributed by atoms with van der Waals surface area (Å²) in [6.45, 7) is 0. The zero-order valence-corrected chi connectivity index (χ0v) is 11.1. The molecule has 2 amide bonds. The van der Waals surface area contributed by atoms with Crippen molar-refractivity contribution in [1.29, 1.82) is 0 Å². The Bertz CT molecular complexity index is 654. The first-order valence-corrected chi connectivity index (χ1v) is 6.22. The fourth-order valence-corrected chi connectivity index (χ4v) is 1.55. The third-order valence-corrected chi connectivity index (χ3v) is 2.57. The number of hydrogen-bond acceptors (Lipinski definition) is 4. The van der Waals surface area contributed by atoms with Gasteiger partial charge >= 0.3 is 0 Å². The Balaban J connectivity index is 2.09. The van der Waals surface area contributed by atoms with Crippen LogP contribution in [0.25, 0.3) is 0 Å². The molecule has 0 aliphatic rings. The Morgan fingerprint density at radius 3 is 2.05 bits per heavy atom. The van der Waals surface area contributed by atoms with Crippen LogP contribution in [0.15, 0.2) is 65.8 Å². The lowest BCUT2D eigenvalue weighted by Crippen LogP contribution is -2.40. The predicted molar refractivity (Wildman–Crippen MR) is 80.6 cm³/mol. The molecule has 0 heterocycles. The number of hydrogen-bond donors (Lipinski definition) is 3. The van der Waals surface area contributed by atoms with Crippen LogP contribution in [0.5, 0.6) is 0 Å². The molecule has 2 aromatic carbocycles. The normalized spacial score (nSPS) is 10.8. The Morgan fingerprint density at radius 2 is 1.48 bits per heavy atom. The SMILES string of the molecule is NC(=O)C(=NNc1ccccc1)NC(=O)c1ccccc1. The zero-order chi connectivity index (χ0) is 15.1. The lowest BCUT2D eigenvalue weighted by atomic mass is 10.2. The first kappa shape index (κ1) is 14.3. The molecule has 0 saturated heterocycles. The smallest absolute Gasteiger partial charge is 0.286 e. The summed E-state index contributed by atoms with van der Waals surface area (Å²) in [6, 6.07) is 17.5. The van der Waals surface area contributed by atoms with Crippen LogP contribution < -0.4 is 16.5 Å². The van der Waals surface area contributed by atoms with Crippen LogP contribution in [-0.4, -0.2) is 17.6 Å². The van der Waals surface area contributed by atoms with E-state index in [0.29, 0.717) is 11.3 Å². The van der Waals surface area contributed by atoms with Gasteiger partial charge in [-0.15, -0.1) is 0 Å². The van der Waals surface area contributed by atoms with Crippen LogP contribution in [0.4, 0.5) is 5.69 Å². The van der Waals surface area contributed by atoms with Crippen molar-refractivity contribution in [3.05, 3.63) is 66.2 Å². The van der Waals surface area contributed by atoms with Crippen LogP contribution in [-0.2, 0) is 4.79 Å². The van der Waals surface area contributed by atoms with Gasteiger partial charge in [0.05, 0.1) is 5.69 Å². The Labute approximate surface area is 121 Å². The summed E-state index contributed by atoms with van der Waals surface area (Å²) in [5, 5.41) is 6.20. The van der Waals surface area contributed by atoms with E-state index in [9.17, 15) is 9.59 Å². The average molecular weight is 282 g/mol. The molecule has 6 nitrogen and oxygen atoms in total. The molecule has 0 aliphatic carbocycles. The number of nitrogens with zero attached hydrogens (tertiary/aromatic N) is 1. The second-order valence-corrected chi connectivity index (χ2v) is 4.12. The van der Waals surface area contributed by atoms with Crippen molar-refractivity contribution in [2.24, 2.45) is 10.8 Å². The maximum atomic E-state index is 11.9. The van der Waals surface area contributed by atoms with E-state index in [0.717, 1.165) is 0 Å². The number of carbonyl (C=O) groups excluding carboxylic acids is 2. The number of rotatable bonds is 3. The molecule has 0 fully saturated rings. The van der Waals surface area contributed by atoms with Crippen molar-refractivity contribution in [1.82, 2.24) is 5.32 Å². The highest BCUT2D eigenvalue weighted by molar-refractivity contribution is 6.40. The van der Waals surface area contributed by atoms with Gasteiger partial charge in [-0.05, 0) is 24.3 Å². The van der Waals surface area contributed by atoms with E-state index in [4.69, 9.17) is 5.73 Å². The van der Waals surface area contributed by atoms with Gasteiger partial charge in [0.15, 0.2) is 0 Å². The molecule has 0 aliphatic heterocycles. The van der Waals surface area contributed by atoms with Gasteiger partial charge in [0.2, 0.25) is 5.84 Å². The summed E-state index contributed by atoms with van der Waals surface area (Å²) in [7, 11) is 0. The topological polar surface area (TPSA) is 96.6 Å². The number of benzene rings is 2.